The number of hydrogen-bond acceptors (Lipinski definition) is 7. The summed E-state index contributed by atoms with van der Waals surface area (Å²) in [6, 6.07) is 9.80. The Kier molecular flexibility index (Phi) is 8.22. The Bertz CT molecular complexity index is 899. The summed E-state index contributed by atoms with van der Waals surface area (Å²) in [6.07, 6.45) is 0. The Balaban J connectivity index is 2.34. The highest BCUT2D eigenvalue weighted by Gasteiger charge is 2.21. The molecule has 0 unspecified atom stereocenters. The van der Waals surface area contributed by atoms with E-state index in [0.29, 0.717) is 0 Å². The van der Waals surface area contributed by atoms with E-state index < -0.39 is 16.6 Å². The van der Waals surface area contributed by atoms with Gasteiger partial charge in [0, 0.05) is 30.8 Å². The molecule has 0 heterocycles. The number of aliphatic hydroxyl groups excluding tert-OH is 2. The Labute approximate surface area is 171 Å². The molecular weight excluding hydrogens is 402 g/mol. The highest BCUT2D eigenvalue weighted by Crippen LogP contribution is 2.27. The third-order valence-corrected chi connectivity index (χ3v) is 4.38. The summed E-state index contributed by atoms with van der Waals surface area (Å²) < 4.78 is 0. The van der Waals surface area contributed by atoms with Gasteiger partial charge in [-0.1, -0.05) is 23.7 Å². The van der Waals surface area contributed by atoms with E-state index >= 15 is 0 Å². The maximum absolute atomic E-state index is 12.9. The number of carbonyl (C=O) groups excluding carboxylic acids is 2. The molecule has 154 valence electrons. The van der Waals surface area contributed by atoms with E-state index in [-0.39, 0.29) is 60.4 Å². The van der Waals surface area contributed by atoms with Gasteiger partial charge in [-0.3, -0.25) is 24.6 Å². The summed E-state index contributed by atoms with van der Waals surface area (Å²) in [6.45, 7) is -0.167. The van der Waals surface area contributed by atoms with Crippen LogP contribution in [-0.4, -0.2) is 64.6 Å². The second-order valence-corrected chi connectivity index (χ2v) is 6.47. The molecule has 0 aromatic heterocycles. The van der Waals surface area contributed by atoms with Crippen LogP contribution in [0.5, 0.6) is 0 Å². The number of amides is 1. The van der Waals surface area contributed by atoms with Crippen LogP contribution in [0.2, 0.25) is 5.02 Å². The first kappa shape index (κ1) is 22.4. The van der Waals surface area contributed by atoms with Crippen molar-refractivity contribution in [2.24, 2.45) is 0 Å². The molecule has 0 aliphatic heterocycles. The van der Waals surface area contributed by atoms with Crippen LogP contribution in [-0.2, 0) is 4.79 Å². The van der Waals surface area contributed by atoms with Gasteiger partial charge in [0.05, 0.1) is 41.0 Å². The van der Waals surface area contributed by atoms with Gasteiger partial charge in [-0.05, 0) is 18.2 Å². The van der Waals surface area contributed by atoms with Crippen LogP contribution in [0.1, 0.15) is 15.9 Å². The summed E-state index contributed by atoms with van der Waals surface area (Å²) in [4.78, 5) is 37.3. The number of ketones is 1. The second-order valence-electron chi connectivity index (χ2n) is 6.07. The standard InChI is InChI=1S/C19H20ClN3O6/c20-16-4-2-1-3-14(16)19(27)15-11-13(23(28)29)5-6-17(15)21-18(26)12-22(7-9-24)8-10-25/h1-6,11,24-25H,7-10,12H2,(H,21,26). The maximum Gasteiger partial charge on any atom is 0.270 e. The number of nitrogens with zero attached hydrogens (tertiary/aromatic N) is 2. The van der Waals surface area contributed by atoms with Crippen LogP contribution in [0.3, 0.4) is 0 Å². The number of hydrogen-bond donors (Lipinski definition) is 3. The normalized spacial score (nSPS) is 10.8. The predicted molar refractivity (Wildman–Crippen MR) is 107 cm³/mol. The molecule has 9 nitrogen and oxygen atoms in total. The van der Waals surface area contributed by atoms with Crippen LogP contribution in [0.15, 0.2) is 42.5 Å². The van der Waals surface area contributed by atoms with E-state index in [1.807, 2.05) is 0 Å². The molecule has 0 saturated heterocycles. The fourth-order valence-corrected chi connectivity index (χ4v) is 2.90. The molecule has 0 aliphatic rings. The van der Waals surface area contributed by atoms with Crippen molar-refractivity contribution >= 4 is 34.7 Å². The number of rotatable bonds is 10. The van der Waals surface area contributed by atoms with E-state index in [9.17, 15) is 19.7 Å². The topological polar surface area (TPSA) is 133 Å². The number of non-ortho nitro benzene ring substituents is 1. The minimum Gasteiger partial charge on any atom is -0.395 e. The van der Waals surface area contributed by atoms with Gasteiger partial charge < -0.3 is 15.5 Å². The van der Waals surface area contributed by atoms with Crippen LogP contribution in [0, 0.1) is 10.1 Å². The van der Waals surface area contributed by atoms with E-state index in [0.717, 1.165) is 6.07 Å². The van der Waals surface area contributed by atoms with Crippen molar-refractivity contribution in [3.8, 4) is 0 Å². The molecule has 0 radical (unpaired) electrons. The van der Waals surface area contributed by atoms with Gasteiger partial charge >= 0.3 is 0 Å². The van der Waals surface area contributed by atoms with Gasteiger partial charge in [-0.25, -0.2) is 0 Å². The Hall–Kier alpha value is -2.85. The van der Waals surface area contributed by atoms with Gasteiger partial charge in [-0.15, -0.1) is 0 Å². The number of nitro groups is 1. The molecule has 0 spiro atoms. The number of aliphatic hydroxyl groups is 2. The van der Waals surface area contributed by atoms with Crippen molar-refractivity contribution in [2.45, 2.75) is 0 Å². The van der Waals surface area contributed by atoms with Crippen molar-refractivity contribution in [3.63, 3.8) is 0 Å². The van der Waals surface area contributed by atoms with E-state index in [2.05, 4.69) is 5.32 Å². The molecule has 10 heteroatoms. The van der Waals surface area contributed by atoms with Gasteiger partial charge in [0.15, 0.2) is 5.78 Å². The summed E-state index contributed by atoms with van der Waals surface area (Å²) in [7, 11) is 0. The van der Waals surface area contributed by atoms with Crippen molar-refractivity contribution in [3.05, 3.63) is 68.7 Å². The molecule has 0 bridgehead atoms. The van der Waals surface area contributed by atoms with Gasteiger partial charge in [0.2, 0.25) is 5.91 Å². The average molecular weight is 422 g/mol. The second kappa shape index (κ2) is 10.6. The third kappa shape index (κ3) is 6.06. The first-order chi connectivity index (χ1) is 13.9. The summed E-state index contributed by atoms with van der Waals surface area (Å²) in [5.74, 6) is -1.08. The molecule has 3 N–H and O–H groups in total. The third-order valence-electron chi connectivity index (χ3n) is 4.05. The van der Waals surface area contributed by atoms with Crippen molar-refractivity contribution < 1.29 is 24.7 Å². The van der Waals surface area contributed by atoms with Crippen LogP contribution in [0.4, 0.5) is 11.4 Å². The number of benzene rings is 2. The first-order valence-electron chi connectivity index (χ1n) is 8.69. The molecule has 0 atom stereocenters. The molecule has 0 aliphatic carbocycles. The summed E-state index contributed by atoms with van der Waals surface area (Å²) in [5, 5.41) is 32.0. The molecule has 29 heavy (non-hydrogen) atoms. The fraction of sp³-hybridized carbons (Fsp3) is 0.263. The Morgan fingerprint density at radius 1 is 1.07 bits per heavy atom. The predicted octanol–water partition coefficient (Wildman–Crippen LogP) is 1.70. The number of anilines is 1. The zero-order valence-electron chi connectivity index (χ0n) is 15.4. The summed E-state index contributed by atoms with van der Waals surface area (Å²) in [5.41, 5.74) is -0.136. The lowest BCUT2D eigenvalue weighted by Gasteiger charge is -2.20. The van der Waals surface area contributed by atoms with Crippen molar-refractivity contribution in [1.29, 1.82) is 0 Å². The number of carbonyl (C=O) groups is 2. The number of halogens is 1. The number of nitrogens with one attached hydrogen (secondary N) is 1. The Morgan fingerprint density at radius 2 is 1.72 bits per heavy atom. The SMILES string of the molecule is O=C(CN(CCO)CCO)Nc1ccc([N+](=O)[O-])cc1C(=O)c1ccccc1Cl. The lowest BCUT2D eigenvalue weighted by molar-refractivity contribution is -0.384. The molecule has 2 aromatic rings. The zero-order chi connectivity index (χ0) is 21.4. The average Bonchev–Trinajstić information content (AvgIpc) is 2.68. The van der Waals surface area contributed by atoms with E-state index in [1.165, 1.54) is 29.2 Å². The van der Waals surface area contributed by atoms with Crippen LogP contribution in [0.25, 0.3) is 0 Å². The van der Waals surface area contributed by atoms with Crippen LogP contribution >= 0.6 is 11.6 Å². The minimum atomic E-state index is -0.640. The quantitative estimate of drug-likeness (QED) is 0.302. The largest absolute Gasteiger partial charge is 0.395 e. The maximum atomic E-state index is 12.9. The lowest BCUT2D eigenvalue weighted by Crippen LogP contribution is -2.37. The molecular formula is C19H20ClN3O6. The monoisotopic (exact) mass is 421 g/mol. The van der Waals surface area contributed by atoms with Gasteiger partial charge in [0.25, 0.3) is 5.69 Å². The summed E-state index contributed by atoms with van der Waals surface area (Å²) >= 11 is 6.07. The van der Waals surface area contributed by atoms with Crippen LogP contribution < -0.4 is 5.32 Å². The van der Waals surface area contributed by atoms with Gasteiger partial charge in [0.1, 0.15) is 0 Å². The zero-order valence-corrected chi connectivity index (χ0v) is 16.1. The fourth-order valence-electron chi connectivity index (χ4n) is 2.68. The van der Waals surface area contributed by atoms with E-state index in [1.54, 1.807) is 12.1 Å². The molecule has 1 amide bonds. The Morgan fingerprint density at radius 3 is 2.31 bits per heavy atom. The highest BCUT2D eigenvalue weighted by atomic mass is 35.5. The van der Waals surface area contributed by atoms with Crippen molar-refractivity contribution in [2.75, 3.05) is 38.2 Å². The minimum absolute atomic E-state index is 0.0727. The molecule has 2 aromatic carbocycles. The van der Waals surface area contributed by atoms with Gasteiger partial charge in [-0.2, -0.15) is 0 Å². The smallest absolute Gasteiger partial charge is 0.270 e. The van der Waals surface area contributed by atoms with Crippen molar-refractivity contribution in [1.82, 2.24) is 4.90 Å². The molecule has 0 saturated carbocycles. The molecule has 2 rings (SSSR count). The first-order valence-corrected chi connectivity index (χ1v) is 9.06. The van der Waals surface area contributed by atoms with E-state index in [4.69, 9.17) is 21.8 Å². The molecule has 0 fully saturated rings. The number of nitro benzene ring substituents is 1. The lowest BCUT2D eigenvalue weighted by atomic mass is 10.0. The highest BCUT2D eigenvalue weighted by molar-refractivity contribution is 6.35.